The first kappa shape index (κ1) is 17.5. The van der Waals surface area contributed by atoms with Gasteiger partial charge in [-0.25, -0.2) is 0 Å². The molecule has 0 aliphatic rings. The molecule has 0 saturated heterocycles. The summed E-state index contributed by atoms with van der Waals surface area (Å²) in [5, 5.41) is 4.74. The Morgan fingerprint density at radius 2 is 1.58 bits per heavy atom. The van der Waals surface area contributed by atoms with Gasteiger partial charge in [0, 0.05) is 18.1 Å². The minimum Gasteiger partial charge on any atom is -0.341 e. The number of aromatic nitrogens is 1. The predicted octanol–water partition coefficient (Wildman–Crippen LogP) is 2.92. The number of amides is 2. The summed E-state index contributed by atoms with van der Waals surface area (Å²) in [4.78, 5) is 27.5. The number of rotatable bonds is 3. The fourth-order valence-electron chi connectivity index (χ4n) is 1.93. The largest absolute Gasteiger partial charge is 0.416 e. The number of benzene rings is 1. The highest BCUT2D eigenvalue weighted by Gasteiger charge is 2.30. The fraction of sp³-hybridized carbons (Fsp3) is 0.188. The first-order chi connectivity index (χ1) is 11.3. The van der Waals surface area contributed by atoms with Crippen LogP contribution in [0.2, 0.25) is 0 Å². The Hall–Kier alpha value is -2.90. The monoisotopic (exact) mass is 337 g/mol. The van der Waals surface area contributed by atoms with Gasteiger partial charge in [0.2, 0.25) is 0 Å². The Morgan fingerprint density at radius 1 is 1.00 bits per heavy atom. The number of pyridine rings is 1. The van der Waals surface area contributed by atoms with E-state index in [0.29, 0.717) is 0 Å². The molecule has 1 atom stereocenters. The van der Waals surface area contributed by atoms with Crippen molar-refractivity contribution in [1.29, 1.82) is 0 Å². The summed E-state index contributed by atoms with van der Waals surface area (Å²) in [7, 11) is 0. The van der Waals surface area contributed by atoms with Crippen LogP contribution in [0.3, 0.4) is 0 Å². The van der Waals surface area contributed by atoms with Gasteiger partial charge in [0.1, 0.15) is 0 Å². The molecule has 1 unspecified atom stereocenters. The third-order valence-corrected chi connectivity index (χ3v) is 3.23. The van der Waals surface area contributed by atoms with Gasteiger partial charge >= 0.3 is 18.0 Å². The summed E-state index contributed by atoms with van der Waals surface area (Å²) < 4.78 is 37.4. The second-order valence-corrected chi connectivity index (χ2v) is 5.00. The molecule has 1 heterocycles. The van der Waals surface area contributed by atoms with Crippen molar-refractivity contribution in [2.24, 2.45) is 0 Å². The quantitative estimate of drug-likeness (QED) is 0.846. The molecule has 0 aliphatic heterocycles. The van der Waals surface area contributed by atoms with Gasteiger partial charge in [0.15, 0.2) is 0 Å². The number of halogens is 3. The van der Waals surface area contributed by atoms with Crippen LogP contribution < -0.4 is 10.6 Å². The second-order valence-electron chi connectivity index (χ2n) is 5.00. The Balaban J connectivity index is 1.95. The third kappa shape index (κ3) is 4.55. The van der Waals surface area contributed by atoms with E-state index in [4.69, 9.17) is 0 Å². The van der Waals surface area contributed by atoms with Gasteiger partial charge in [-0.2, -0.15) is 13.2 Å². The van der Waals surface area contributed by atoms with Crippen molar-refractivity contribution in [2.75, 3.05) is 5.32 Å². The van der Waals surface area contributed by atoms with Crippen molar-refractivity contribution >= 4 is 17.5 Å². The lowest BCUT2D eigenvalue weighted by Gasteiger charge is -2.14. The van der Waals surface area contributed by atoms with Crippen molar-refractivity contribution in [3.63, 3.8) is 0 Å². The topological polar surface area (TPSA) is 71.1 Å². The van der Waals surface area contributed by atoms with E-state index >= 15 is 0 Å². The van der Waals surface area contributed by atoms with E-state index in [9.17, 15) is 22.8 Å². The van der Waals surface area contributed by atoms with Crippen molar-refractivity contribution in [3.05, 3.63) is 59.9 Å². The summed E-state index contributed by atoms with van der Waals surface area (Å²) in [5.41, 5.74) is 0.0247. The summed E-state index contributed by atoms with van der Waals surface area (Å²) in [6.07, 6.45) is -1.35. The van der Waals surface area contributed by atoms with E-state index in [2.05, 4.69) is 15.6 Å². The van der Waals surface area contributed by atoms with Crippen LogP contribution in [0.15, 0.2) is 48.8 Å². The van der Waals surface area contributed by atoms with E-state index < -0.39 is 29.6 Å². The molecule has 2 aromatic rings. The van der Waals surface area contributed by atoms with E-state index in [-0.39, 0.29) is 5.69 Å². The first-order valence-corrected chi connectivity index (χ1v) is 6.96. The molecule has 8 heteroatoms. The molecule has 5 nitrogen and oxygen atoms in total. The molecular weight excluding hydrogens is 323 g/mol. The lowest BCUT2D eigenvalue weighted by molar-refractivity contribution is -0.137. The van der Waals surface area contributed by atoms with Crippen LogP contribution in [0.25, 0.3) is 0 Å². The first-order valence-electron chi connectivity index (χ1n) is 6.96. The molecule has 1 aromatic heterocycles. The molecule has 0 spiro atoms. The molecule has 0 bridgehead atoms. The van der Waals surface area contributed by atoms with Crippen LogP contribution in [0, 0.1) is 0 Å². The lowest BCUT2D eigenvalue weighted by atomic mass is 10.1. The minimum absolute atomic E-state index is 0.0970. The second kappa shape index (κ2) is 7.12. The highest BCUT2D eigenvalue weighted by atomic mass is 19.4. The number of carbonyl (C=O) groups excluding carboxylic acids is 2. The zero-order valence-electron chi connectivity index (χ0n) is 12.6. The summed E-state index contributed by atoms with van der Waals surface area (Å²) in [6, 6.07) is 6.79. The van der Waals surface area contributed by atoms with Crippen LogP contribution in [0.4, 0.5) is 18.9 Å². The highest BCUT2D eigenvalue weighted by molar-refractivity contribution is 6.39. The van der Waals surface area contributed by atoms with Crippen molar-refractivity contribution < 1.29 is 22.8 Å². The van der Waals surface area contributed by atoms with Crippen LogP contribution in [0.1, 0.15) is 24.1 Å². The van der Waals surface area contributed by atoms with E-state index in [1.165, 1.54) is 0 Å². The normalized spacial score (nSPS) is 12.3. The molecule has 2 rings (SSSR count). The maximum Gasteiger partial charge on any atom is 0.416 e. The highest BCUT2D eigenvalue weighted by Crippen LogP contribution is 2.29. The van der Waals surface area contributed by atoms with Crippen LogP contribution in [-0.2, 0) is 15.8 Å². The molecule has 126 valence electrons. The Bertz CT molecular complexity index is 716. The summed E-state index contributed by atoms with van der Waals surface area (Å²) >= 11 is 0. The SMILES string of the molecule is CC(NC(=O)C(=O)Nc1ccc(C(F)(F)F)cc1)c1ccncc1. The van der Waals surface area contributed by atoms with Crippen molar-refractivity contribution in [3.8, 4) is 0 Å². The molecule has 0 fully saturated rings. The fourth-order valence-corrected chi connectivity index (χ4v) is 1.93. The number of nitrogens with one attached hydrogen (secondary N) is 2. The van der Waals surface area contributed by atoms with Crippen molar-refractivity contribution in [2.45, 2.75) is 19.1 Å². The van der Waals surface area contributed by atoms with Gasteiger partial charge < -0.3 is 10.6 Å². The molecule has 1 aromatic carbocycles. The molecule has 0 radical (unpaired) electrons. The van der Waals surface area contributed by atoms with Gasteiger partial charge in [0.05, 0.1) is 11.6 Å². The smallest absolute Gasteiger partial charge is 0.341 e. The third-order valence-electron chi connectivity index (χ3n) is 3.23. The number of nitrogens with zero attached hydrogens (tertiary/aromatic N) is 1. The van der Waals surface area contributed by atoms with E-state index in [1.54, 1.807) is 31.5 Å². The number of carbonyl (C=O) groups is 2. The van der Waals surface area contributed by atoms with Crippen LogP contribution >= 0.6 is 0 Å². The molecule has 24 heavy (non-hydrogen) atoms. The van der Waals surface area contributed by atoms with Crippen LogP contribution in [0.5, 0.6) is 0 Å². The summed E-state index contributed by atoms with van der Waals surface area (Å²) in [5.74, 6) is -1.85. The minimum atomic E-state index is -4.46. The molecule has 2 N–H and O–H groups in total. The Labute approximate surface area is 135 Å². The van der Waals surface area contributed by atoms with Gasteiger partial charge in [0.25, 0.3) is 0 Å². The average Bonchev–Trinajstić information content (AvgIpc) is 2.55. The number of alkyl halides is 3. The zero-order valence-corrected chi connectivity index (χ0v) is 12.6. The van der Waals surface area contributed by atoms with Gasteiger partial charge in [-0.3, -0.25) is 14.6 Å². The maximum atomic E-state index is 12.5. The number of hydrogen-bond acceptors (Lipinski definition) is 3. The van der Waals surface area contributed by atoms with Gasteiger partial charge in [-0.05, 0) is 48.9 Å². The predicted molar refractivity (Wildman–Crippen MR) is 80.9 cm³/mol. The zero-order chi connectivity index (χ0) is 17.7. The molecule has 2 amide bonds. The maximum absolute atomic E-state index is 12.5. The van der Waals surface area contributed by atoms with E-state index in [0.717, 1.165) is 29.8 Å². The summed E-state index contributed by atoms with van der Waals surface area (Å²) in [6.45, 7) is 1.69. The Morgan fingerprint density at radius 3 is 2.12 bits per heavy atom. The van der Waals surface area contributed by atoms with Gasteiger partial charge in [-0.1, -0.05) is 0 Å². The van der Waals surface area contributed by atoms with E-state index in [1.807, 2.05) is 0 Å². The van der Waals surface area contributed by atoms with Crippen molar-refractivity contribution in [1.82, 2.24) is 10.3 Å². The average molecular weight is 337 g/mol. The number of anilines is 1. The van der Waals surface area contributed by atoms with Crippen LogP contribution in [-0.4, -0.2) is 16.8 Å². The Kier molecular flexibility index (Phi) is 5.18. The molecular formula is C16H14F3N3O2. The number of hydrogen-bond donors (Lipinski definition) is 2. The lowest BCUT2D eigenvalue weighted by Crippen LogP contribution is -2.36. The molecule has 0 saturated carbocycles. The van der Waals surface area contributed by atoms with Gasteiger partial charge in [-0.15, -0.1) is 0 Å². The molecule has 0 aliphatic carbocycles. The standard InChI is InChI=1S/C16H14F3N3O2/c1-10(11-6-8-20-9-7-11)21-14(23)15(24)22-13-4-2-12(3-5-13)16(17,18)19/h2-10H,1H3,(H,21,23)(H,22,24).